The molecule has 0 fully saturated rings. The van der Waals surface area contributed by atoms with Crippen molar-refractivity contribution < 1.29 is 4.42 Å². The van der Waals surface area contributed by atoms with E-state index in [0.29, 0.717) is 18.3 Å². The molecule has 1 aliphatic rings. The summed E-state index contributed by atoms with van der Waals surface area (Å²) in [6.07, 6.45) is 0.770. The van der Waals surface area contributed by atoms with E-state index in [2.05, 4.69) is 70.7 Å². The van der Waals surface area contributed by atoms with E-state index < -0.39 is 0 Å². The molecular weight excluding hydrogens is 286 g/mol. The second kappa shape index (κ2) is 5.63. The third-order valence-electron chi connectivity index (χ3n) is 4.44. The third-order valence-corrected chi connectivity index (χ3v) is 4.44. The number of rotatable bonds is 4. The van der Waals surface area contributed by atoms with Gasteiger partial charge in [0.05, 0.1) is 12.6 Å². The highest BCUT2D eigenvalue weighted by Crippen LogP contribution is 2.45. The molecule has 4 heteroatoms. The van der Waals surface area contributed by atoms with Gasteiger partial charge in [-0.1, -0.05) is 55.5 Å². The largest absolute Gasteiger partial charge is 0.424 e. The Morgan fingerprint density at radius 1 is 0.913 bits per heavy atom. The molecule has 0 N–H and O–H groups in total. The fraction of sp³-hybridized carbons (Fsp3) is 0.263. The number of aryl methyl sites for hydroxylation is 1. The topological polar surface area (TPSA) is 42.2 Å². The predicted octanol–water partition coefficient (Wildman–Crippen LogP) is 3.83. The lowest BCUT2D eigenvalue weighted by atomic mass is 10.0. The number of hydrogen-bond donors (Lipinski definition) is 0. The highest BCUT2D eigenvalue weighted by atomic mass is 16.4. The maximum atomic E-state index is 5.68. The molecule has 116 valence electrons. The van der Waals surface area contributed by atoms with Gasteiger partial charge in [0.15, 0.2) is 0 Å². The first-order valence-corrected chi connectivity index (χ1v) is 7.97. The summed E-state index contributed by atoms with van der Waals surface area (Å²) in [4.78, 5) is 2.28. The first-order valence-electron chi connectivity index (χ1n) is 7.97. The SMILES string of the molecule is CCc1nnc(CN(C)C2c3ccccc3-c3ccccc32)o1. The van der Waals surface area contributed by atoms with Gasteiger partial charge in [-0.2, -0.15) is 0 Å². The molecule has 0 bridgehead atoms. The molecule has 0 aliphatic heterocycles. The third kappa shape index (κ3) is 2.35. The molecule has 0 amide bonds. The highest BCUT2D eigenvalue weighted by molar-refractivity contribution is 5.78. The van der Waals surface area contributed by atoms with Gasteiger partial charge in [0.2, 0.25) is 11.8 Å². The molecule has 0 saturated heterocycles. The van der Waals surface area contributed by atoms with Crippen LogP contribution >= 0.6 is 0 Å². The summed E-state index contributed by atoms with van der Waals surface area (Å²) < 4.78 is 5.68. The van der Waals surface area contributed by atoms with E-state index in [1.54, 1.807) is 0 Å². The summed E-state index contributed by atoms with van der Waals surface area (Å²) in [5.41, 5.74) is 5.32. The normalized spacial score (nSPS) is 13.3. The molecule has 1 heterocycles. The van der Waals surface area contributed by atoms with Crippen LogP contribution in [0.2, 0.25) is 0 Å². The van der Waals surface area contributed by atoms with Gasteiger partial charge in [-0.05, 0) is 29.3 Å². The van der Waals surface area contributed by atoms with Gasteiger partial charge in [-0.3, -0.25) is 4.90 Å². The van der Waals surface area contributed by atoms with Gasteiger partial charge in [0, 0.05) is 6.42 Å². The average molecular weight is 305 g/mol. The van der Waals surface area contributed by atoms with Crippen LogP contribution in [-0.4, -0.2) is 22.1 Å². The molecule has 1 aliphatic carbocycles. The van der Waals surface area contributed by atoms with Crippen molar-refractivity contribution in [3.63, 3.8) is 0 Å². The lowest BCUT2D eigenvalue weighted by Gasteiger charge is -2.24. The lowest BCUT2D eigenvalue weighted by molar-refractivity contribution is 0.243. The standard InChI is InChI=1S/C19H19N3O/c1-3-17-20-21-18(23-17)12-22(2)19-15-10-6-4-8-13(15)14-9-5-7-11-16(14)19/h4-11,19H,3,12H2,1-2H3. The van der Waals surface area contributed by atoms with Crippen LogP contribution in [0.4, 0.5) is 0 Å². The van der Waals surface area contributed by atoms with E-state index in [-0.39, 0.29) is 6.04 Å². The summed E-state index contributed by atoms with van der Waals surface area (Å²) in [5, 5.41) is 8.21. The zero-order chi connectivity index (χ0) is 15.8. The van der Waals surface area contributed by atoms with Crippen molar-refractivity contribution in [2.45, 2.75) is 25.9 Å². The number of fused-ring (bicyclic) bond motifs is 3. The average Bonchev–Trinajstić information content (AvgIpc) is 3.16. The second-order valence-electron chi connectivity index (χ2n) is 5.94. The van der Waals surface area contributed by atoms with E-state index in [0.717, 1.165) is 6.42 Å². The Morgan fingerprint density at radius 3 is 2.04 bits per heavy atom. The zero-order valence-corrected chi connectivity index (χ0v) is 13.4. The lowest BCUT2D eigenvalue weighted by Crippen LogP contribution is -2.23. The van der Waals surface area contributed by atoms with Gasteiger partial charge in [0.25, 0.3) is 0 Å². The van der Waals surface area contributed by atoms with Crippen LogP contribution in [0.15, 0.2) is 52.9 Å². The van der Waals surface area contributed by atoms with Crippen LogP contribution in [-0.2, 0) is 13.0 Å². The van der Waals surface area contributed by atoms with Gasteiger partial charge in [0.1, 0.15) is 0 Å². The molecule has 0 atom stereocenters. The minimum Gasteiger partial charge on any atom is -0.424 e. The summed E-state index contributed by atoms with van der Waals surface area (Å²) in [6.45, 7) is 2.66. The minimum absolute atomic E-state index is 0.222. The van der Waals surface area contributed by atoms with Crippen LogP contribution in [0, 0.1) is 0 Å². The smallest absolute Gasteiger partial charge is 0.230 e. The Kier molecular flexibility index (Phi) is 3.46. The quantitative estimate of drug-likeness (QED) is 0.734. The monoisotopic (exact) mass is 305 g/mol. The van der Waals surface area contributed by atoms with Crippen molar-refractivity contribution in [3.8, 4) is 11.1 Å². The molecule has 0 radical (unpaired) electrons. The molecular formula is C19H19N3O. The molecule has 0 spiro atoms. The van der Waals surface area contributed by atoms with Gasteiger partial charge < -0.3 is 4.42 Å². The van der Waals surface area contributed by atoms with E-state index in [1.165, 1.54) is 22.3 Å². The summed E-state index contributed by atoms with van der Waals surface area (Å²) in [7, 11) is 2.11. The highest BCUT2D eigenvalue weighted by Gasteiger charge is 2.31. The number of aromatic nitrogens is 2. The van der Waals surface area contributed by atoms with Gasteiger partial charge in [-0.25, -0.2) is 0 Å². The summed E-state index contributed by atoms with van der Waals surface area (Å²) >= 11 is 0. The summed E-state index contributed by atoms with van der Waals surface area (Å²) in [5.74, 6) is 1.37. The van der Waals surface area contributed by atoms with Crippen LogP contribution in [0.1, 0.15) is 35.9 Å². The maximum Gasteiger partial charge on any atom is 0.230 e. The van der Waals surface area contributed by atoms with E-state index >= 15 is 0 Å². The van der Waals surface area contributed by atoms with Gasteiger partial charge in [-0.15, -0.1) is 10.2 Å². The van der Waals surface area contributed by atoms with E-state index in [4.69, 9.17) is 4.42 Å². The maximum absolute atomic E-state index is 5.68. The van der Waals surface area contributed by atoms with Crippen LogP contribution in [0.25, 0.3) is 11.1 Å². The molecule has 2 aromatic carbocycles. The molecule has 3 aromatic rings. The van der Waals surface area contributed by atoms with E-state index in [9.17, 15) is 0 Å². The van der Waals surface area contributed by atoms with Gasteiger partial charge >= 0.3 is 0 Å². The Labute approximate surface area is 135 Å². The van der Waals surface area contributed by atoms with Crippen LogP contribution in [0.5, 0.6) is 0 Å². The predicted molar refractivity (Wildman–Crippen MR) is 88.9 cm³/mol. The van der Waals surface area contributed by atoms with Crippen molar-refractivity contribution in [2.24, 2.45) is 0 Å². The molecule has 4 rings (SSSR count). The van der Waals surface area contributed by atoms with Crippen molar-refractivity contribution in [1.82, 2.24) is 15.1 Å². The first kappa shape index (κ1) is 14.2. The fourth-order valence-electron chi connectivity index (χ4n) is 3.40. The minimum atomic E-state index is 0.222. The van der Waals surface area contributed by atoms with Crippen LogP contribution in [0.3, 0.4) is 0 Å². The van der Waals surface area contributed by atoms with Crippen LogP contribution < -0.4 is 0 Å². The fourth-order valence-corrected chi connectivity index (χ4v) is 3.40. The Bertz CT molecular complexity index is 794. The molecule has 23 heavy (non-hydrogen) atoms. The summed E-state index contributed by atoms with van der Waals surface area (Å²) in [6, 6.07) is 17.4. The second-order valence-corrected chi connectivity index (χ2v) is 5.94. The zero-order valence-electron chi connectivity index (χ0n) is 13.4. The first-order chi connectivity index (χ1) is 11.3. The van der Waals surface area contributed by atoms with Crippen molar-refractivity contribution in [1.29, 1.82) is 0 Å². The molecule has 0 unspecified atom stereocenters. The molecule has 4 nitrogen and oxygen atoms in total. The van der Waals surface area contributed by atoms with Crippen molar-refractivity contribution in [2.75, 3.05) is 7.05 Å². The number of nitrogens with zero attached hydrogens (tertiary/aromatic N) is 3. The van der Waals surface area contributed by atoms with Crippen molar-refractivity contribution in [3.05, 3.63) is 71.4 Å². The molecule has 1 aromatic heterocycles. The Morgan fingerprint density at radius 2 is 1.48 bits per heavy atom. The number of hydrogen-bond acceptors (Lipinski definition) is 4. The Hall–Kier alpha value is -2.46. The van der Waals surface area contributed by atoms with E-state index in [1.807, 2.05) is 6.92 Å². The van der Waals surface area contributed by atoms with Crippen molar-refractivity contribution >= 4 is 0 Å². The molecule has 0 saturated carbocycles. The Balaban J connectivity index is 1.70. The number of benzene rings is 2.